The Morgan fingerprint density at radius 1 is 1.24 bits per heavy atom. The van der Waals surface area contributed by atoms with Gasteiger partial charge < -0.3 is 5.32 Å². The van der Waals surface area contributed by atoms with E-state index in [1.165, 1.54) is 12.2 Å². The Labute approximate surface area is 129 Å². The highest BCUT2D eigenvalue weighted by atomic mass is 33.1. The molecule has 1 aliphatic rings. The third-order valence-corrected chi connectivity index (χ3v) is 6.22. The molecule has 1 N–H and O–H groups in total. The van der Waals surface area contributed by atoms with Crippen molar-refractivity contribution in [3.8, 4) is 0 Å². The van der Waals surface area contributed by atoms with Gasteiger partial charge in [0.2, 0.25) is 5.91 Å². The van der Waals surface area contributed by atoms with E-state index in [4.69, 9.17) is 0 Å². The summed E-state index contributed by atoms with van der Waals surface area (Å²) in [6.07, 6.45) is 4.18. The number of nitrogens with one attached hydrogen (secondary N) is 1. The number of benzene rings is 1. The molecule has 116 valence electrons. The Kier molecular flexibility index (Phi) is 6.29. The standard InChI is InChI=1S/C14H16F3NOS2/c15-10-5-6-11(14(17)13(10)16)18-12(19)4-2-1-3-9-7-8-20-21-9/h5-6,9H,1-4,7-8H2,(H,18,19). The van der Waals surface area contributed by atoms with Crippen LogP contribution in [-0.4, -0.2) is 16.9 Å². The second-order valence-electron chi connectivity index (χ2n) is 4.85. The van der Waals surface area contributed by atoms with Crippen LogP contribution in [0.3, 0.4) is 0 Å². The summed E-state index contributed by atoms with van der Waals surface area (Å²) in [7, 11) is 3.78. The minimum atomic E-state index is -1.57. The quantitative estimate of drug-likeness (QED) is 0.462. The Morgan fingerprint density at radius 3 is 2.76 bits per heavy atom. The van der Waals surface area contributed by atoms with Crippen LogP contribution in [0.4, 0.5) is 18.9 Å². The summed E-state index contributed by atoms with van der Waals surface area (Å²) in [5.41, 5.74) is -0.318. The molecule has 1 aromatic rings. The van der Waals surface area contributed by atoms with E-state index in [0.29, 0.717) is 11.7 Å². The molecule has 0 radical (unpaired) electrons. The number of carbonyl (C=O) groups is 1. The maximum atomic E-state index is 13.4. The second-order valence-corrected chi connectivity index (χ2v) is 7.63. The molecule has 1 heterocycles. The lowest BCUT2D eigenvalue weighted by Gasteiger charge is -2.08. The first-order valence-electron chi connectivity index (χ1n) is 6.79. The zero-order valence-corrected chi connectivity index (χ0v) is 13.0. The van der Waals surface area contributed by atoms with E-state index in [9.17, 15) is 18.0 Å². The van der Waals surface area contributed by atoms with Crippen LogP contribution < -0.4 is 5.32 Å². The van der Waals surface area contributed by atoms with Crippen molar-refractivity contribution in [3.63, 3.8) is 0 Å². The lowest BCUT2D eigenvalue weighted by atomic mass is 10.1. The van der Waals surface area contributed by atoms with Gasteiger partial charge in [-0.3, -0.25) is 4.79 Å². The van der Waals surface area contributed by atoms with E-state index in [-0.39, 0.29) is 18.0 Å². The first-order chi connectivity index (χ1) is 10.1. The van der Waals surface area contributed by atoms with Crippen LogP contribution in [0.1, 0.15) is 32.1 Å². The minimum Gasteiger partial charge on any atom is -0.324 e. The van der Waals surface area contributed by atoms with Crippen LogP contribution in [0.25, 0.3) is 0 Å². The summed E-state index contributed by atoms with van der Waals surface area (Å²) in [5.74, 6) is -3.39. The molecule has 1 aliphatic heterocycles. The maximum absolute atomic E-state index is 13.4. The summed E-state index contributed by atoms with van der Waals surface area (Å²) >= 11 is 0. The highest BCUT2D eigenvalue weighted by Gasteiger charge is 2.17. The van der Waals surface area contributed by atoms with Crippen LogP contribution in [0, 0.1) is 17.5 Å². The molecule has 1 atom stereocenters. The summed E-state index contributed by atoms with van der Waals surface area (Å²) in [4.78, 5) is 11.7. The molecule has 1 amide bonds. The number of unbranched alkanes of at least 4 members (excludes halogenated alkanes) is 1. The van der Waals surface area contributed by atoms with Crippen LogP contribution in [0.2, 0.25) is 0 Å². The molecule has 7 heteroatoms. The van der Waals surface area contributed by atoms with E-state index in [2.05, 4.69) is 5.32 Å². The number of anilines is 1. The topological polar surface area (TPSA) is 29.1 Å². The first-order valence-corrected chi connectivity index (χ1v) is 9.17. The lowest BCUT2D eigenvalue weighted by molar-refractivity contribution is -0.116. The van der Waals surface area contributed by atoms with Gasteiger partial charge in [-0.1, -0.05) is 28.0 Å². The van der Waals surface area contributed by atoms with E-state index >= 15 is 0 Å². The van der Waals surface area contributed by atoms with Gasteiger partial charge in [-0.05, 0) is 31.4 Å². The molecular formula is C14H16F3NOS2. The zero-order valence-electron chi connectivity index (χ0n) is 11.3. The summed E-state index contributed by atoms with van der Waals surface area (Å²) in [6.45, 7) is 0. The SMILES string of the molecule is O=C(CCCCC1CCSS1)Nc1ccc(F)c(F)c1F. The van der Waals surface area contributed by atoms with Gasteiger partial charge in [0.05, 0.1) is 5.69 Å². The van der Waals surface area contributed by atoms with Crippen LogP contribution >= 0.6 is 21.6 Å². The van der Waals surface area contributed by atoms with Crippen molar-refractivity contribution in [2.45, 2.75) is 37.4 Å². The summed E-state index contributed by atoms with van der Waals surface area (Å²) < 4.78 is 39.2. The molecule has 1 fully saturated rings. The van der Waals surface area contributed by atoms with Gasteiger partial charge >= 0.3 is 0 Å². The molecule has 0 bridgehead atoms. The number of hydrogen-bond acceptors (Lipinski definition) is 3. The Morgan fingerprint density at radius 2 is 2.05 bits per heavy atom. The van der Waals surface area contributed by atoms with Crippen molar-refractivity contribution in [2.75, 3.05) is 11.1 Å². The molecule has 0 spiro atoms. The van der Waals surface area contributed by atoms with Gasteiger partial charge in [0.25, 0.3) is 0 Å². The van der Waals surface area contributed by atoms with E-state index in [1.54, 1.807) is 0 Å². The van der Waals surface area contributed by atoms with Crippen LogP contribution in [0.15, 0.2) is 12.1 Å². The number of carbonyl (C=O) groups excluding carboxylic acids is 1. The molecule has 1 saturated heterocycles. The van der Waals surface area contributed by atoms with Crippen molar-refractivity contribution >= 4 is 33.2 Å². The molecule has 1 unspecified atom stereocenters. The number of amides is 1. The number of halogens is 3. The summed E-state index contributed by atoms with van der Waals surface area (Å²) in [6, 6.07) is 1.82. The van der Waals surface area contributed by atoms with Gasteiger partial charge in [0.15, 0.2) is 17.5 Å². The fourth-order valence-electron chi connectivity index (χ4n) is 2.06. The molecule has 0 aromatic heterocycles. The highest BCUT2D eigenvalue weighted by molar-refractivity contribution is 8.77. The Balaban J connectivity index is 1.73. The highest BCUT2D eigenvalue weighted by Crippen LogP contribution is 2.39. The van der Waals surface area contributed by atoms with Crippen molar-refractivity contribution < 1.29 is 18.0 Å². The van der Waals surface area contributed by atoms with Crippen LogP contribution in [0.5, 0.6) is 0 Å². The second kappa shape index (κ2) is 7.98. The van der Waals surface area contributed by atoms with E-state index in [0.717, 1.165) is 25.0 Å². The average molecular weight is 335 g/mol. The molecule has 1 aromatic carbocycles. The molecule has 21 heavy (non-hydrogen) atoms. The van der Waals surface area contributed by atoms with Gasteiger partial charge in [-0.15, -0.1) is 0 Å². The van der Waals surface area contributed by atoms with E-state index < -0.39 is 17.5 Å². The Hall–Kier alpha value is -0.820. The smallest absolute Gasteiger partial charge is 0.224 e. The summed E-state index contributed by atoms with van der Waals surface area (Å²) in [5, 5.41) is 2.95. The first kappa shape index (κ1) is 16.5. The number of rotatable bonds is 6. The van der Waals surface area contributed by atoms with Crippen molar-refractivity contribution in [1.82, 2.24) is 0 Å². The predicted octanol–water partition coefficient (Wildman–Crippen LogP) is 4.76. The lowest BCUT2D eigenvalue weighted by Crippen LogP contribution is -2.13. The largest absolute Gasteiger partial charge is 0.324 e. The molecular weight excluding hydrogens is 319 g/mol. The monoisotopic (exact) mass is 335 g/mol. The van der Waals surface area contributed by atoms with E-state index in [1.807, 2.05) is 21.6 Å². The zero-order chi connectivity index (χ0) is 15.2. The minimum absolute atomic E-state index is 0.253. The van der Waals surface area contributed by atoms with Gasteiger partial charge in [-0.25, -0.2) is 13.2 Å². The third-order valence-electron chi connectivity index (χ3n) is 3.22. The van der Waals surface area contributed by atoms with Gasteiger partial charge in [-0.2, -0.15) is 0 Å². The third kappa shape index (κ3) is 4.85. The predicted molar refractivity (Wildman–Crippen MR) is 81.9 cm³/mol. The fraction of sp³-hybridized carbons (Fsp3) is 0.500. The van der Waals surface area contributed by atoms with Crippen molar-refractivity contribution in [1.29, 1.82) is 0 Å². The van der Waals surface area contributed by atoms with Crippen molar-refractivity contribution in [3.05, 3.63) is 29.6 Å². The van der Waals surface area contributed by atoms with Crippen molar-refractivity contribution in [2.24, 2.45) is 0 Å². The molecule has 2 nitrogen and oxygen atoms in total. The molecule has 0 saturated carbocycles. The Bertz CT molecular complexity index is 507. The van der Waals surface area contributed by atoms with Gasteiger partial charge in [0.1, 0.15) is 0 Å². The van der Waals surface area contributed by atoms with Gasteiger partial charge in [0, 0.05) is 17.4 Å². The van der Waals surface area contributed by atoms with Crippen LogP contribution in [-0.2, 0) is 4.79 Å². The average Bonchev–Trinajstić information content (AvgIpc) is 2.98. The fourth-order valence-corrected chi connectivity index (χ4v) is 5.08. The molecule has 0 aliphatic carbocycles. The number of hydrogen-bond donors (Lipinski definition) is 1. The molecule has 2 rings (SSSR count). The maximum Gasteiger partial charge on any atom is 0.224 e. The normalized spacial score (nSPS) is 18.0.